The smallest absolute Gasteiger partial charge is 0.318 e. The summed E-state index contributed by atoms with van der Waals surface area (Å²) in [5.41, 5.74) is -0.468. The molecule has 0 aliphatic heterocycles. The first kappa shape index (κ1) is 14.8. The number of amides is 1. The third-order valence-corrected chi connectivity index (χ3v) is 3.32. The third-order valence-electron chi connectivity index (χ3n) is 2.60. The molecule has 0 aliphatic carbocycles. The molecule has 18 heavy (non-hydrogen) atoms. The van der Waals surface area contributed by atoms with Gasteiger partial charge in [-0.15, -0.1) is 0 Å². The fourth-order valence-electron chi connectivity index (χ4n) is 1.12. The van der Waals surface area contributed by atoms with Gasteiger partial charge in [0, 0.05) is 5.02 Å². The molecule has 0 radical (unpaired) electrons. The van der Waals surface area contributed by atoms with E-state index in [4.69, 9.17) is 28.3 Å². The van der Waals surface area contributed by atoms with E-state index in [0.29, 0.717) is 15.7 Å². The highest BCUT2D eigenvalue weighted by Gasteiger charge is 2.36. The van der Waals surface area contributed by atoms with E-state index >= 15 is 0 Å². The van der Waals surface area contributed by atoms with E-state index in [-0.39, 0.29) is 0 Å². The maximum Gasteiger partial charge on any atom is 0.318 e. The number of hydrogen-bond donors (Lipinski definition) is 2. The molecule has 0 fully saturated rings. The highest BCUT2D eigenvalue weighted by atomic mass is 35.5. The molecule has 1 amide bonds. The van der Waals surface area contributed by atoms with Crippen LogP contribution in [0.3, 0.4) is 0 Å². The lowest BCUT2D eigenvalue weighted by Gasteiger charge is -2.19. The Kier molecular flexibility index (Phi) is 4.24. The molecule has 0 spiro atoms. The lowest BCUT2D eigenvalue weighted by Crippen LogP contribution is -2.37. The maximum absolute atomic E-state index is 11.8. The zero-order valence-corrected chi connectivity index (χ0v) is 11.7. The molecule has 4 nitrogen and oxygen atoms in total. The van der Waals surface area contributed by atoms with Crippen molar-refractivity contribution < 1.29 is 14.7 Å². The van der Waals surface area contributed by atoms with E-state index < -0.39 is 17.3 Å². The Hall–Kier alpha value is -1.26. The molecule has 0 unspecified atom stereocenters. The summed E-state index contributed by atoms with van der Waals surface area (Å²) in [7, 11) is 0. The number of carbonyl (C=O) groups excluding carboxylic acids is 1. The van der Waals surface area contributed by atoms with Gasteiger partial charge in [-0.2, -0.15) is 0 Å². The largest absolute Gasteiger partial charge is 0.480 e. The number of hydrogen-bond acceptors (Lipinski definition) is 2. The molecule has 1 aromatic rings. The van der Waals surface area contributed by atoms with Gasteiger partial charge in [-0.25, -0.2) is 0 Å². The van der Waals surface area contributed by atoms with Crippen LogP contribution in [0.1, 0.15) is 19.4 Å². The van der Waals surface area contributed by atoms with Gasteiger partial charge >= 0.3 is 5.97 Å². The van der Waals surface area contributed by atoms with E-state index in [2.05, 4.69) is 5.32 Å². The summed E-state index contributed by atoms with van der Waals surface area (Å²) in [6.45, 7) is 4.41. The molecule has 98 valence electrons. The molecular formula is C12H13Cl2NO3. The van der Waals surface area contributed by atoms with Crippen molar-refractivity contribution in [2.75, 3.05) is 5.32 Å². The van der Waals surface area contributed by atoms with Crippen molar-refractivity contribution in [2.24, 2.45) is 5.41 Å². The van der Waals surface area contributed by atoms with Gasteiger partial charge in [0.05, 0.1) is 10.7 Å². The predicted octanol–water partition coefficient (Wildman–Crippen LogP) is 3.35. The van der Waals surface area contributed by atoms with Gasteiger partial charge < -0.3 is 10.4 Å². The average molecular weight is 290 g/mol. The Morgan fingerprint density at radius 3 is 2.28 bits per heavy atom. The van der Waals surface area contributed by atoms with Crippen LogP contribution in [0.4, 0.5) is 5.69 Å². The number of rotatable bonds is 3. The lowest BCUT2D eigenvalue weighted by molar-refractivity contribution is -0.151. The number of benzene rings is 1. The number of carboxylic acids is 1. The minimum absolute atomic E-state index is 0.298. The van der Waals surface area contributed by atoms with E-state index in [1.165, 1.54) is 19.9 Å². The van der Waals surface area contributed by atoms with Crippen LogP contribution in [-0.4, -0.2) is 17.0 Å². The van der Waals surface area contributed by atoms with Crippen LogP contribution < -0.4 is 5.32 Å². The second kappa shape index (κ2) is 5.16. The van der Waals surface area contributed by atoms with E-state index in [9.17, 15) is 9.59 Å². The summed E-state index contributed by atoms with van der Waals surface area (Å²) in [4.78, 5) is 22.8. The van der Waals surface area contributed by atoms with Crippen LogP contribution in [-0.2, 0) is 9.59 Å². The van der Waals surface area contributed by atoms with Crippen molar-refractivity contribution in [3.05, 3.63) is 27.7 Å². The number of nitrogens with one attached hydrogen (secondary N) is 1. The maximum atomic E-state index is 11.8. The Labute approximate surface area is 115 Å². The van der Waals surface area contributed by atoms with Crippen molar-refractivity contribution in [3.8, 4) is 0 Å². The Bertz CT molecular complexity index is 512. The van der Waals surface area contributed by atoms with Crippen molar-refractivity contribution in [2.45, 2.75) is 20.8 Å². The molecule has 0 saturated carbocycles. The summed E-state index contributed by atoms with van der Waals surface area (Å²) >= 11 is 11.9. The summed E-state index contributed by atoms with van der Waals surface area (Å²) in [6.07, 6.45) is 0. The first-order chi connectivity index (χ1) is 8.16. The first-order valence-corrected chi connectivity index (χ1v) is 5.92. The summed E-state index contributed by atoms with van der Waals surface area (Å²) in [6, 6.07) is 3.10. The van der Waals surface area contributed by atoms with Crippen molar-refractivity contribution in [1.29, 1.82) is 0 Å². The number of carbonyl (C=O) groups is 2. The third kappa shape index (κ3) is 2.94. The molecular weight excluding hydrogens is 277 g/mol. The molecule has 0 atom stereocenters. The van der Waals surface area contributed by atoms with Gasteiger partial charge in [-0.1, -0.05) is 23.2 Å². The van der Waals surface area contributed by atoms with Crippen LogP contribution in [0.2, 0.25) is 10.0 Å². The number of halogens is 2. The van der Waals surface area contributed by atoms with Gasteiger partial charge in [-0.3, -0.25) is 9.59 Å². The number of anilines is 1. The average Bonchev–Trinajstić information content (AvgIpc) is 2.25. The number of aliphatic carboxylic acids is 1. The molecule has 0 aliphatic rings. The first-order valence-electron chi connectivity index (χ1n) is 5.16. The van der Waals surface area contributed by atoms with Crippen molar-refractivity contribution >= 4 is 40.8 Å². The second-order valence-corrected chi connectivity index (χ2v) is 5.28. The zero-order chi connectivity index (χ0) is 14.1. The topological polar surface area (TPSA) is 66.4 Å². The number of carboxylic acid groups (broad SMARTS) is 1. The Morgan fingerprint density at radius 1 is 1.22 bits per heavy atom. The van der Waals surface area contributed by atoms with E-state index in [0.717, 1.165) is 5.56 Å². The molecule has 0 saturated heterocycles. The monoisotopic (exact) mass is 289 g/mol. The van der Waals surface area contributed by atoms with Gasteiger partial charge in [0.15, 0.2) is 0 Å². The lowest BCUT2D eigenvalue weighted by atomic mass is 9.92. The zero-order valence-electron chi connectivity index (χ0n) is 10.2. The minimum Gasteiger partial charge on any atom is -0.480 e. The van der Waals surface area contributed by atoms with E-state index in [1.807, 2.05) is 0 Å². The predicted molar refractivity (Wildman–Crippen MR) is 71.2 cm³/mol. The molecule has 6 heteroatoms. The number of aryl methyl sites for hydroxylation is 1. The van der Waals surface area contributed by atoms with Crippen molar-refractivity contribution in [1.82, 2.24) is 0 Å². The normalized spacial score (nSPS) is 11.2. The van der Waals surface area contributed by atoms with Gasteiger partial charge in [0.25, 0.3) is 0 Å². The highest BCUT2D eigenvalue weighted by molar-refractivity contribution is 6.36. The fourth-order valence-corrected chi connectivity index (χ4v) is 1.55. The van der Waals surface area contributed by atoms with Gasteiger partial charge in [0.1, 0.15) is 5.41 Å². The van der Waals surface area contributed by atoms with Gasteiger partial charge in [-0.05, 0) is 38.5 Å². The standard InChI is InChI=1S/C12H13Cl2NO3/c1-6-4-8(14)9(5-7(6)13)15-10(16)12(2,3)11(17)18/h4-5H,1-3H3,(H,15,16)(H,17,18). The molecule has 0 heterocycles. The second-order valence-electron chi connectivity index (χ2n) is 4.47. The highest BCUT2D eigenvalue weighted by Crippen LogP contribution is 2.30. The van der Waals surface area contributed by atoms with Crippen LogP contribution in [0.25, 0.3) is 0 Å². The quantitative estimate of drug-likeness (QED) is 0.839. The Morgan fingerprint density at radius 2 is 1.78 bits per heavy atom. The molecule has 0 aromatic heterocycles. The van der Waals surface area contributed by atoms with Crippen LogP contribution in [0.5, 0.6) is 0 Å². The van der Waals surface area contributed by atoms with Crippen molar-refractivity contribution in [3.63, 3.8) is 0 Å². The van der Waals surface area contributed by atoms with Crippen LogP contribution >= 0.6 is 23.2 Å². The van der Waals surface area contributed by atoms with Crippen LogP contribution in [0, 0.1) is 12.3 Å². The molecule has 0 bridgehead atoms. The summed E-state index contributed by atoms with van der Waals surface area (Å²) in [5.74, 6) is -1.87. The van der Waals surface area contributed by atoms with E-state index in [1.54, 1.807) is 13.0 Å². The summed E-state index contributed by atoms with van der Waals surface area (Å²) in [5, 5.41) is 12.2. The molecule has 1 aromatic carbocycles. The Balaban J connectivity index is 3.03. The minimum atomic E-state index is -1.54. The van der Waals surface area contributed by atoms with Crippen LogP contribution in [0.15, 0.2) is 12.1 Å². The summed E-state index contributed by atoms with van der Waals surface area (Å²) < 4.78 is 0. The molecule has 1 rings (SSSR count). The fraction of sp³-hybridized carbons (Fsp3) is 0.333. The SMILES string of the molecule is Cc1cc(Cl)c(NC(=O)C(C)(C)C(=O)O)cc1Cl. The molecule has 2 N–H and O–H groups in total. The van der Waals surface area contributed by atoms with Gasteiger partial charge in [0.2, 0.25) is 5.91 Å².